The lowest BCUT2D eigenvalue weighted by molar-refractivity contribution is -0.150. The number of carbonyl (C=O) groups excluding carboxylic acids is 1. The van der Waals surface area contributed by atoms with Gasteiger partial charge < -0.3 is 24.9 Å². The summed E-state index contributed by atoms with van der Waals surface area (Å²) in [6, 6.07) is 4.32. The minimum absolute atomic E-state index is 0.0524. The van der Waals surface area contributed by atoms with Crippen molar-refractivity contribution >= 4 is 22.4 Å². The number of esters is 1. The number of nitrogens with one attached hydrogen (secondary N) is 1. The first-order valence-electron chi connectivity index (χ1n) is 10.1. The molecule has 9 nitrogen and oxygen atoms in total. The van der Waals surface area contributed by atoms with E-state index in [4.69, 9.17) is 19.9 Å². The standard InChI is InChI=1S/C22H24FN5O4/c1-11-7-15-16(27-11)5-6-17(19(15)23)32-21-20-13(3)18(8-28(20)26-10-25-21)30-9-12(2)31-22(29)14(4)24/h5-8,10,12,14,27H,9,24H2,1-4H3/t12?,14-/m0/s1. The van der Waals surface area contributed by atoms with Crippen LogP contribution in [-0.2, 0) is 9.53 Å². The summed E-state index contributed by atoms with van der Waals surface area (Å²) >= 11 is 0. The highest BCUT2D eigenvalue weighted by Gasteiger charge is 2.19. The van der Waals surface area contributed by atoms with E-state index in [0.717, 1.165) is 5.69 Å². The molecule has 0 saturated heterocycles. The molecule has 32 heavy (non-hydrogen) atoms. The predicted octanol–water partition coefficient (Wildman–Crippen LogP) is 3.42. The molecule has 2 atom stereocenters. The summed E-state index contributed by atoms with van der Waals surface area (Å²) in [4.78, 5) is 18.9. The normalized spacial score (nSPS) is 13.3. The van der Waals surface area contributed by atoms with Gasteiger partial charge in [-0.2, -0.15) is 10.1 Å². The third-order valence-electron chi connectivity index (χ3n) is 4.95. The van der Waals surface area contributed by atoms with E-state index in [1.165, 1.54) is 6.33 Å². The summed E-state index contributed by atoms with van der Waals surface area (Å²) in [6.45, 7) is 7.06. The van der Waals surface area contributed by atoms with E-state index in [1.807, 2.05) is 13.8 Å². The lowest BCUT2D eigenvalue weighted by Crippen LogP contribution is -2.33. The Labute approximate surface area is 183 Å². The molecule has 1 aromatic carbocycles. The van der Waals surface area contributed by atoms with E-state index in [0.29, 0.717) is 27.7 Å². The van der Waals surface area contributed by atoms with Crippen LogP contribution in [-0.4, -0.2) is 44.3 Å². The molecule has 0 aliphatic rings. The number of H-pyrrole nitrogens is 1. The lowest BCUT2D eigenvalue weighted by atomic mass is 10.2. The van der Waals surface area contributed by atoms with E-state index >= 15 is 0 Å². The number of hydrogen-bond acceptors (Lipinski definition) is 7. The third kappa shape index (κ3) is 4.09. The van der Waals surface area contributed by atoms with Crippen LogP contribution in [0.2, 0.25) is 0 Å². The Kier molecular flexibility index (Phi) is 5.70. The lowest BCUT2D eigenvalue weighted by Gasteiger charge is -2.15. The first kappa shape index (κ1) is 21.6. The SMILES string of the molecule is Cc1cc2c(F)c(Oc3ncnn4cc(OCC(C)OC(=O)[C@H](C)N)c(C)c34)ccc2[nH]1. The molecule has 10 heteroatoms. The average Bonchev–Trinajstić information content (AvgIpc) is 3.29. The number of benzene rings is 1. The average molecular weight is 441 g/mol. The molecule has 0 fully saturated rings. The zero-order valence-electron chi connectivity index (χ0n) is 18.2. The van der Waals surface area contributed by atoms with Gasteiger partial charge in [0.05, 0.1) is 6.20 Å². The van der Waals surface area contributed by atoms with Gasteiger partial charge in [0.25, 0.3) is 0 Å². The molecule has 3 N–H and O–H groups in total. The fraction of sp³-hybridized carbons (Fsp3) is 0.318. The highest BCUT2D eigenvalue weighted by molar-refractivity contribution is 5.83. The van der Waals surface area contributed by atoms with Crippen molar-refractivity contribution in [2.24, 2.45) is 5.73 Å². The van der Waals surface area contributed by atoms with E-state index in [9.17, 15) is 9.18 Å². The highest BCUT2D eigenvalue weighted by atomic mass is 19.1. The van der Waals surface area contributed by atoms with Crippen molar-refractivity contribution in [2.75, 3.05) is 6.61 Å². The van der Waals surface area contributed by atoms with Crippen LogP contribution in [0.25, 0.3) is 16.4 Å². The number of hydrogen-bond donors (Lipinski definition) is 2. The zero-order chi connectivity index (χ0) is 23.0. The van der Waals surface area contributed by atoms with Gasteiger partial charge in [-0.1, -0.05) is 0 Å². The summed E-state index contributed by atoms with van der Waals surface area (Å²) < 4.78 is 33.4. The highest BCUT2D eigenvalue weighted by Crippen LogP contribution is 2.34. The molecule has 4 aromatic rings. The van der Waals surface area contributed by atoms with Crippen LogP contribution < -0.4 is 15.2 Å². The minimum atomic E-state index is -0.707. The van der Waals surface area contributed by atoms with Crippen molar-refractivity contribution < 1.29 is 23.4 Å². The van der Waals surface area contributed by atoms with Gasteiger partial charge in [-0.25, -0.2) is 8.91 Å². The Morgan fingerprint density at radius 2 is 2.06 bits per heavy atom. The molecule has 0 radical (unpaired) electrons. The van der Waals surface area contributed by atoms with Crippen LogP contribution in [0.5, 0.6) is 17.4 Å². The van der Waals surface area contributed by atoms with Gasteiger partial charge >= 0.3 is 5.97 Å². The summed E-state index contributed by atoms with van der Waals surface area (Å²) in [5, 5.41) is 4.63. The number of fused-ring (bicyclic) bond motifs is 2. The van der Waals surface area contributed by atoms with E-state index in [2.05, 4.69) is 15.1 Å². The Balaban J connectivity index is 1.58. The fourth-order valence-electron chi connectivity index (χ4n) is 3.34. The Morgan fingerprint density at radius 3 is 2.81 bits per heavy atom. The van der Waals surface area contributed by atoms with Gasteiger partial charge in [0.1, 0.15) is 36.3 Å². The molecule has 0 amide bonds. The number of aromatic nitrogens is 4. The molecule has 0 bridgehead atoms. The predicted molar refractivity (Wildman–Crippen MR) is 115 cm³/mol. The second kappa shape index (κ2) is 8.46. The topological polar surface area (TPSA) is 117 Å². The quantitative estimate of drug-likeness (QED) is 0.422. The van der Waals surface area contributed by atoms with Crippen LogP contribution in [0, 0.1) is 19.7 Å². The number of aryl methyl sites for hydroxylation is 2. The molecule has 4 rings (SSSR count). The molecule has 0 aliphatic carbocycles. The number of halogens is 1. The van der Waals surface area contributed by atoms with Gasteiger partial charge in [-0.15, -0.1) is 0 Å². The third-order valence-corrected chi connectivity index (χ3v) is 4.95. The van der Waals surface area contributed by atoms with Crippen molar-refractivity contribution in [3.05, 3.63) is 47.8 Å². The van der Waals surface area contributed by atoms with Crippen LogP contribution in [0.1, 0.15) is 25.1 Å². The summed E-state index contributed by atoms with van der Waals surface area (Å²) in [5.41, 5.74) is 8.29. The smallest absolute Gasteiger partial charge is 0.323 e. The van der Waals surface area contributed by atoms with Gasteiger partial charge in [0.2, 0.25) is 5.88 Å². The molecule has 0 spiro atoms. The first-order chi connectivity index (χ1) is 15.2. The van der Waals surface area contributed by atoms with Crippen molar-refractivity contribution in [3.63, 3.8) is 0 Å². The van der Waals surface area contributed by atoms with Crippen molar-refractivity contribution in [3.8, 4) is 17.4 Å². The van der Waals surface area contributed by atoms with Gasteiger partial charge in [-0.05, 0) is 45.9 Å². The molecular formula is C22H24FN5O4. The van der Waals surface area contributed by atoms with Crippen molar-refractivity contribution in [1.29, 1.82) is 0 Å². The van der Waals surface area contributed by atoms with Gasteiger partial charge in [-0.3, -0.25) is 4.79 Å². The number of aromatic amines is 1. The summed E-state index contributed by atoms with van der Waals surface area (Å²) in [5.74, 6) is -0.228. The maximum absolute atomic E-state index is 15.0. The van der Waals surface area contributed by atoms with E-state index < -0.39 is 23.9 Å². The zero-order valence-corrected chi connectivity index (χ0v) is 18.2. The fourth-order valence-corrected chi connectivity index (χ4v) is 3.34. The molecule has 3 aromatic heterocycles. The van der Waals surface area contributed by atoms with E-state index in [-0.39, 0.29) is 18.2 Å². The summed E-state index contributed by atoms with van der Waals surface area (Å²) in [7, 11) is 0. The van der Waals surface area contributed by atoms with Gasteiger partial charge in [0.15, 0.2) is 11.6 Å². The number of nitrogens with two attached hydrogens (primary N) is 1. The van der Waals surface area contributed by atoms with Gasteiger partial charge in [0, 0.05) is 22.2 Å². The monoisotopic (exact) mass is 441 g/mol. The summed E-state index contributed by atoms with van der Waals surface area (Å²) in [6.07, 6.45) is 2.48. The molecule has 1 unspecified atom stereocenters. The van der Waals surface area contributed by atoms with Crippen LogP contribution in [0.4, 0.5) is 4.39 Å². The largest absolute Gasteiger partial charge is 0.488 e. The maximum atomic E-state index is 15.0. The van der Waals surface area contributed by atoms with Crippen LogP contribution in [0.15, 0.2) is 30.7 Å². The number of ether oxygens (including phenoxy) is 3. The van der Waals surface area contributed by atoms with E-state index in [1.54, 1.807) is 42.8 Å². The minimum Gasteiger partial charge on any atom is -0.488 e. The molecule has 168 valence electrons. The molecular weight excluding hydrogens is 417 g/mol. The molecule has 0 aliphatic heterocycles. The van der Waals surface area contributed by atoms with Crippen LogP contribution >= 0.6 is 0 Å². The molecule has 0 saturated carbocycles. The first-order valence-corrected chi connectivity index (χ1v) is 10.1. The Hall–Kier alpha value is -3.66. The maximum Gasteiger partial charge on any atom is 0.323 e. The Morgan fingerprint density at radius 1 is 1.28 bits per heavy atom. The van der Waals surface area contributed by atoms with Crippen molar-refractivity contribution in [2.45, 2.75) is 39.8 Å². The number of rotatable bonds is 7. The van der Waals surface area contributed by atoms with Crippen LogP contribution in [0.3, 0.4) is 0 Å². The second-order valence-electron chi connectivity index (χ2n) is 7.72. The Bertz CT molecular complexity index is 1300. The molecule has 3 heterocycles. The second-order valence-corrected chi connectivity index (χ2v) is 7.72. The number of carbonyl (C=O) groups is 1. The van der Waals surface area contributed by atoms with Crippen molar-refractivity contribution in [1.82, 2.24) is 19.6 Å². The number of nitrogens with zero attached hydrogens (tertiary/aromatic N) is 3.